The molecule has 0 bridgehead atoms. The van der Waals surface area contributed by atoms with Crippen molar-refractivity contribution in [3.8, 4) is 55.6 Å². The van der Waals surface area contributed by atoms with Gasteiger partial charge in [0.2, 0.25) is 0 Å². The summed E-state index contributed by atoms with van der Waals surface area (Å²) in [5.74, 6) is 0.190. The lowest BCUT2D eigenvalue weighted by Gasteiger charge is -2.33. The van der Waals surface area contributed by atoms with Crippen LogP contribution >= 0.6 is 35.3 Å². The molecule has 0 N–H and O–H groups in total. The van der Waals surface area contributed by atoms with Gasteiger partial charge in [-0.15, -0.1) is 0 Å². The lowest BCUT2D eigenvalue weighted by Crippen LogP contribution is -2.13. The minimum atomic E-state index is 0.0525. The first kappa shape index (κ1) is 87.7. The first-order valence-corrected chi connectivity index (χ1v) is 54.5. The van der Waals surface area contributed by atoms with Crippen LogP contribution in [-0.2, 0) is 0 Å². The maximum Gasteiger partial charge on any atom is 0.0375 e. The lowest BCUT2D eigenvalue weighted by molar-refractivity contribution is 0.938. The van der Waals surface area contributed by atoms with Crippen molar-refractivity contribution in [1.82, 2.24) is 0 Å². The summed E-state index contributed by atoms with van der Waals surface area (Å²) in [5, 5.41) is 39.5. The molecule has 0 aliphatic carbocycles. The molecule has 0 fully saturated rings. The van der Waals surface area contributed by atoms with Crippen LogP contribution in [0.1, 0.15) is 67.8 Å². The second-order valence-electron chi connectivity index (χ2n) is 40.1. The van der Waals surface area contributed by atoms with E-state index < -0.39 is 0 Å². The van der Waals surface area contributed by atoms with E-state index in [1.165, 1.54) is 297 Å². The van der Waals surface area contributed by atoms with Crippen LogP contribution in [0.5, 0.6) is 0 Å². The third-order valence-corrected chi connectivity index (χ3v) is 36.2. The molecule has 0 aromatic heterocycles. The Hall–Kier alpha value is -17.7. The van der Waals surface area contributed by atoms with Gasteiger partial charge in [-0.1, -0.05) is 575 Å². The second kappa shape index (κ2) is 36.2. The van der Waals surface area contributed by atoms with E-state index in [0.717, 1.165) is 0 Å². The van der Waals surface area contributed by atoms with Gasteiger partial charge in [-0.2, -0.15) is 0 Å². The highest BCUT2D eigenvalue weighted by Crippen LogP contribution is 2.63. The first-order chi connectivity index (χ1) is 74.5. The second-order valence-corrected chi connectivity index (χ2v) is 43.2. The molecule has 0 unspecified atom stereocenters. The van der Waals surface area contributed by atoms with Gasteiger partial charge in [0.25, 0.3) is 0 Å². The maximum atomic E-state index is 2.40. The summed E-state index contributed by atoms with van der Waals surface area (Å²) in [5.41, 5.74) is 25.0. The van der Waals surface area contributed by atoms with Gasteiger partial charge in [0.15, 0.2) is 0 Å². The Morgan fingerprint density at radius 3 is 0.540 bits per heavy atom. The van der Waals surface area contributed by atoms with Crippen molar-refractivity contribution in [2.45, 2.75) is 47.1 Å². The average molecular weight is 1950 g/mol. The fourth-order valence-corrected chi connectivity index (χ4v) is 30.2. The lowest BCUT2D eigenvalue weighted by atomic mass is 9.78. The van der Waals surface area contributed by atoms with Gasteiger partial charge in [0, 0.05) is 47.1 Å². The highest BCUT2D eigenvalue weighted by molar-refractivity contribution is 8.00. The molecule has 0 radical (unpaired) electrons. The van der Waals surface area contributed by atoms with Crippen molar-refractivity contribution in [3.05, 3.63) is 590 Å². The van der Waals surface area contributed by atoms with E-state index >= 15 is 0 Å². The molecular formula is C147H92S3. The van der Waals surface area contributed by atoms with Crippen molar-refractivity contribution in [3.63, 3.8) is 0 Å². The normalized spacial score (nSPS) is 12.9. The van der Waals surface area contributed by atoms with Gasteiger partial charge in [-0.25, -0.2) is 0 Å². The van der Waals surface area contributed by atoms with Crippen LogP contribution in [0.25, 0.3) is 217 Å². The summed E-state index contributed by atoms with van der Waals surface area (Å²) in [6.07, 6.45) is 0. The molecule has 150 heavy (non-hydrogen) atoms. The van der Waals surface area contributed by atoms with Gasteiger partial charge in [0.05, 0.1) is 0 Å². The summed E-state index contributed by atoms with van der Waals surface area (Å²) in [7, 11) is 0. The van der Waals surface area contributed by atoms with Crippen LogP contribution in [0.15, 0.2) is 569 Å². The molecule has 0 saturated heterocycles. The van der Waals surface area contributed by atoms with Gasteiger partial charge < -0.3 is 0 Å². The maximum absolute atomic E-state index is 2.40. The van der Waals surface area contributed by atoms with Crippen LogP contribution in [0.3, 0.4) is 0 Å². The third-order valence-electron chi connectivity index (χ3n) is 32.3. The van der Waals surface area contributed by atoms with Crippen LogP contribution in [0.2, 0.25) is 0 Å². The summed E-state index contributed by atoms with van der Waals surface area (Å²) in [6.45, 7) is 0. The topological polar surface area (TPSA) is 0 Å². The molecule has 3 heterocycles. The van der Waals surface area contributed by atoms with Gasteiger partial charge in [-0.05, 0) is 267 Å². The summed E-state index contributed by atoms with van der Waals surface area (Å²) in [4.78, 5) is 8.25. The Labute approximate surface area is 882 Å². The fourth-order valence-electron chi connectivity index (χ4n) is 25.8. The molecule has 29 aromatic rings. The fraction of sp³-hybridized carbons (Fsp3) is 0.0204. The molecule has 698 valence electrons. The first-order valence-electron chi connectivity index (χ1n) is 52.1. The van der Waals surface area contributed by atoms with E-state index in [1.54, 1.807) is 0 Å². The minimum Gasteiger partial charge on any atom is -0.0881 e. The number of hydrogen-bond acceptors (Lipinski definition) is 3. The molecule has 0 nitrogen and oxygen atoms in total. The summed E-state index contributed by atoms with van der Waals surface area (Å²) in [6, 6.07) is 200. The molecule has 3 aliphatic heterocycles. The molecule has 0 saturated carbocycles. The Morgan fingerprint density at radius 2 is 0.273 bits per heavy atom. The zero-order chi connectivity index (χ0) is 98.5. The van der Waals surface area contributed by atoms with Gasteiger partial charge >= 0.3 is 0 Å². The zero-order valence-corrected chi connectivity index (χ0v) is 84.3. The van der Waals surface area contributed by atoms with Crippen LogP contribution < -0.4 is 0 Å². The predicted octanol–water partition coefficient (Wildman–Crippen LogP) is 41.6. The molecule has 0 spiro atoms. The molecule has 3 aliphatic rings. The number of fused-ring (bicyclic) bond motifs is 39. The van der Waals surface area contributed by atoms with E-state index in [0.29, 0.717) is 0 Å². The smallest absolute Gasteiger partial charge is 0.0375 e. The Morgan fingerprint density at radius 1 is 0.107 bits per heavy atom. The van der Waals surface area contributed by atoms with E-state index in [-0.39, 0.29) is 17.8 Å². The van der Waals surface area contributed by atoms with E-state index in [4.69, 9.17) is 0 Å². The van der Waals surface area contributed by atoms with Crippen molar-refractivity contribution < 1.29 is 0 Å². The number of benzene rings is 29. The van der Waals surface area contributed by atoms with Gasteiger partial charge in [-0.3, -0.25) is 0 Å². The molecule has 3 heteroatoms. The largest absolute Gasteiger partial charge is 0.0881 e. The number of hydrogen-bond donors (Lipinski definition) is 0. The standard InChI is InChI=1S/2C51H32S.C45H28S/c1-2-14-32(15-3-1)36-26-12-16-34-17-13-27-37(46(34)36)33-28-30-35(31-29-33)47-48-42-22-8-4-18-38(42)40-20-6-10-24-44(40)50(48)52-51-45-25-11-7-21-41(45)39-19-5-9-23-43(39)49(47)51;1-2-14-32(15-3-1)35-24-12-27-38-36(25-13-26-37(35)38)33-28-30-34(31-29-33)47-48-43-20-8-4-16-39(43)41-18-6-10-22-45(41)50(48)52-51-46-23-11-7-19-42(46)40-17-5-9-21-44(40)49(47)51;1-2-14-31-28(12-1)13-11-23-32(31)29-24-26-30(27-25-29)41-42-37-19-7-3-15-33(37)35-17-5-9-21-39(35)44(42)46-45-40-22-10-6-18-36(40)34-16-4-8-20-38(34)43(41)45/h2*1-31,47H;1-27,41H. The van der Waals surface area contributed by atoms with Crippen molar-refractivity contribution in [2.24, 2.45) is 0 Å². The Bertz CT molecular complexity index is 10300. The monoisotopic (exact) mass is 1950 g/mol. The molecule has 0 atom stereocenters. The van der Waals surface area contributed by atoms with E-state index in [1.807, 2.05) is 35.3 Å². The minimum absolute atomic E-state index is 0.0525. The quantitative estimate of drug-likeness (QED) is 0.139. The molecule has 0 amide bonds. The summed E-state index contributed by atoms with van der Waals surface area (Å²) >= 11 is 5.91. The van der Waals surface area contributed by atoms with E-state index in [9.17, 15) is 0 Å². The van der Waals surface area contributed by atoms with Crippen molar-refractivity contribution in [2.75, 3.05) is 0 Å². The van der Waals surface area contributed by atoms with E-state index in [2.05, 4.69) is 540 Å². The predicted molar refractivity (Wildman–Crippen MR) is 643 cm³/mol. The molecule has 32 rings (SSSR count). The molecule has 29 aromatic carbocycles. The highest BCUT2D eigenvalue weighted by Gasteiger charge is 2.39. The number of rotatable bonds is 8. The Balaban J connectivity index is 0.000000104. The Kier molecular flexibility index (Phi) is 21.1. The van der Waals surface area contributed by atoms with Gasteiger partial charge in [0.1, 0.15) is 0 Å². The van der Waals surface area contributed by atoms with Crippen LogP contribution in [0, 0.1) is 0 Å². The molecular weight excluding hydrogens is 1860 g/mol. The third kappa shape index (κ3) is 14.1. The van der Waals surface area contributed by atoms with Crippen molar-refractivity contribution >= 4 is 197 Å². The average Bonchev–Trinajstić information content (AvgIpc) is 0.704. The zero-order valence-electron chi connectivity index (χ0n) is 81.8. The highest BCUT2D eigenvalue weighted by atomic mass is 32.2. The summed E-state index contributed by atoms with van der Waals surface area (Å²) < 4.78 is 0. The van der Waals surface area contributed by atoms with Crippen LogP contribution in [0.4, 0.5) is 0 Å². The SMILES string of the molecule is c1ccc(-c2cccc3c(-c4ccc(C5c6c(c7ccccc7c7ccccc67)Sc6c5c5ccccc5c5ccccc65)cc4)cccc23)cc1.c1ccc(-c2cccc3cccc(-c4ccc(C5c6c(c7ccccc7c7ccccc67)Sc6c5c5ccccc5c5ccccc65)cc4)c23)cc1.c1ccc2c(-c3ccc(C4c5c(c6ccccc6c6ccccc56)Sc5c4c4ccccc4c4ccccc54)cc3)cccc2c1. The van der Waals surface area contributed by atoms with Crippen molar-refractivity contribution in [1.29, 1.82) is 0 Å². The van der Waals surface area contributed by atoms with Crippen LogP contribution in [-0.4, -0.2) is 0 Å².